The fraction of sp³-hybridized carbons (Fsp3) is 0.429. The highest BCUT2D eigenvalue weighted by atomic mass is 16.6. The van der Waals surface area contributed by atoms with E-state index in [1.54, 1.807) is 19.1 Å². The van der Waals surface area contributed by atoms with Gasteiger partial charge in [0.05, 0.1) is 14.2 Å². The van der Waals surface area contributed by atoms with Crippen molar-refractivity contribution in [1.29, 1.82) is 0 Å². The first-order chi connectivity index (χ1) is 9.53. The van der Waals surface area contributed by atoms with E-state index in [1.165, 1.54) is 27.4 Å². The monoisotopic (exact) mass is 282 g/mol. The molecule has 20 heavy (non-hydrogen) atoms. The van der Waals surface area contributed by atoms with Crippen LogP contribution >= 0.6 is 0 Å². The predicted molar refractivity (Wildman–Crippen MR) is 71.3 cm³/mol. The Labute approximate surface area is 117 Å². The zero-order valence-corrected chi connectivity index (χ0v) is 12.0. The molecule has 0 radical (unpaired) electrons. The summed E-state index contributed by atoms with van der Waals surface area (Å²) < 4.78 is 19.8. The maximum absolute atomic E-state index is 11.9. The molecular weight excluding hydrogens is 264 g/mol. The molecule has 0 aromatic heterocycles. The highest BCUT2D eigenvalue weighted by Gasteiger charge is 2.16. The molecule has 110 valence electrons. The smallest absolute Gasteiger partial charge is 0.335 e. The van der Waals surface area contributed by atoms with Crippen molar-refractivity contribution in [3.05, 3.63) is 23.8 Å². The third kappa shape index (κ3) is 3.96. The lowest BCUT2D eigenvalue weighted by molar-refractivity contribution is -0.153. The fourth-order valence-electron chi connectivity index (χ4n) is 1.44. The molecule has 0 aliphatic heterocycles. The number of ketones is 1. The second-order valence-corrected chi connectivity index (χ2v) is 3.98. The third-order valence-corrected chi connectivity index (χ3v) is 2.74. The molecule has 0 aliphatic rings. The van der Waals surface area contributed by atoms with Gasteiger partial charge in [-0.2, -0.15) is 0 Å². The summed E-state index contributed by atoms with van der Waals surface area (Å²) in [7, 11) is 4.38. The van der Waals surface area contributed by atoms with Crippen LogP contribution in [-0.2, 0) is 14.3 Å². The van der Waals surface area contributed by atoms with E-state index in [0.29, 0.717) is 17.1 Å². The molecule has 1 aromatic carbocycles. The molecule has 0 saturated carbocycles. The molecule has 0 aliphatic carbocycles. The second-order valence-electron chi connectivity index (χ2n) is 3.98. The SMILES string of the molecule is COc1ccc(C(=O)COC(=O)[C@H](C)OC)cc1OC. The molecular formula is C14H18O6. The summed E-state index contributed by atoms with van der Waals surface area (Å²) in [6.07, 6.45) is -0.701. The Hall–Kier alpha value is -2.08. The quantitative estimate of drug-likeness (QED) is 0.557. The van der Waals surface area contributed by atoms with E-state index in [2.05, 4.69) is 0 Å². The summed E-state index contributed by atoms with van der Waals surface area (Å²) in [4.78, 5) is 23.3. The van der Waals surface area contributed by atoms with Gasteiger partial charge in [0.15, 0.2) is 30.0 Å². The molecule has 1 atom stereocenters. The lowest BCUT2D eigenvalue weighted by atomic mass is 10.1. The summed E-state index contributed by atoms with van der Waals surface area (Å²) in [5, 5.41) is 0. The Morgan fingerprint density at radius 1 is 1.10 bits per heavy atom. The van der Waals surface area contributed by atoms with Crippen molar-refractivity contribution < 1.29 is 28.5 Å². The molecule has 0 N–H and O–H groups in total. The van der Waals surface area contributed by atoms with Crippen molar-refractivity contribution in [3.8, 4) is 11.5 Å². The number of carbonyl (C=O) groups is 2. The van der Waals surface area contributed by atoms with E-state index in [9.17, 15) is 9.59 Å². The molecule has 0 saturated heterocycles. The van der Waals surface area contributed by atoms with Gasteiger partial charge in [0.1, 0.15) is 0 Å². The number of hydrogen-bond donors (Lipinski definition) is 0. The number of benzene rings is 1. The molecule has 0 spiro atoms. The first-order valence-corrected chi connectivity index (χ1v) is 5.98. The van der Waals surface area contributed by atoms with Crippen molar-refractivity contribution in [2.45, 2.75) is 13.0 Å². The maximum atomic E-state index is 11.9. The average molecular weight is 282 g/mol. The van der Waals surface area contributed by atoms with Crippen LogP contribution in [0.15, 0.2) is 18.2 Å². The highest BCUT2D eigenvalue weighted by Crippen LogP contribution is 2.27. The number of Topliss-reactive ketones (excluding diaryl/α,β-unsaturated/α-hetero) is 1. The van der Waals surface area contributed by atoms with Gasteiger partial charge in [-0.05, 0) is 25.1 Å². The van der Waals surface area contributed by atoms with Crippen LogP contribution in [0.2, 0.25) is 0 Å². The summed E-state index contributed by atoms with van der Waals surface area (Å²) in [5.41, 5.74) is 0.375. The van der Waals surface area contributed by atoms with Crippen LogP contribution in [0.3, 0.4) is 0 Å². The molecule has 0 fully saturated rings. The number of carbonyl (C=O) groups excluding carboxylic acids is 2. The first-order valence-electron chi connectivity index (χ1n) is 5.98. The fourth-order valence-corrected chi connectivity index (χ4v) is 1.44. The summed E-state index contributed by atoms with van der Waals surface area (Å²) in [6, 6.07) is 4.73. The highest BCUT2D eigenvalue weighted by molar-refractivity contribution is 5.98. The zero-order chi connectivity index (χ0) is 15.1. The van der Waals surface area contributed by atoms with E-state index in [4.69, 9.17) is 18.9 Å². The minimum absolute atomic E-state index is 0.331. The normalized spacial score (nSPS) is 11.6. The Morgan fingerprint density at radius 2 is 1.75 bits per heavy atom. The van der Waals surface area contributed by atoms with Gasteiger partial charge in [-0.1, -0.05) is 0 Å². The van der Waals surface area contributed by atoms with Gasteiger partial charge in [-0.15, -0.1) is 0 Å². The number of methoxy groups -OCH3 is 3. The van der Waals surface area contributed by atoms with E-state index >= 15 is 0 Å². The Kier molecular flexibility index (Phi) is 5.99. The van der Waals surface area contributed by atoms with Gasteiger partial charge in [0.25, 0.3) is 0 Å². The van der Waals surface area contributed by atoms with Crippen molar-refractivity contribution in [2.24, 2.45) is 0 Å². The number of esters is 1. The van der Waals surface area contributed by atoms with Crippen LogP contribution in [0.5, 0.6) is 11.5 Å². The van der Waals surface area contributed by atoms with E-state index in [-0.39, 0.29) is 12.4 Å². The summed E-state index contributed by atoms with van der Waals surface area (Å²) >= 11 is 0. The minimum Gasteiger partial charge on any atom is -0.493 e. The van der Waals surface area contributed by atoms with Gasteiger partial charge in [0, 0.05) is 12.7 Å². The molecule has 6 heteroatoms. The average Bonchev–Trinajstić information content (AvgIpc) is 2.50. The van der Waals surface area contributed by atoms with Gasteiger partial charge in [0.2, 0.25) is 0 Å². The van der Waals surface area contributed by atoms with Gasteiger partial charge in [-0.3, -0.25) is 4.79 Å². The van der Waals surface area contributed by atoms with Crippen LogP contribution < -0.4 is 9.47 Å². The second kappa shape index (κ2) is 7.49. The summed E-state index contributed by atoms with van der Waals surface area (Å²) in [5.74, 6) is 0.0490. The minimum atomic E-state index is -0.701. The summed E-state index contributed by atoms with van der Waals surface area (Å²) in [6.45, 7) is 1.20. The van der Waals surface area contributed by atoms with Crippen LogP contribution in [0.25, 0.3) is 0 Å². The topological polar surface area (TPSA) is 71.1 Å². The van der Waals surface area contributed by atoms with Crippen molar-refractivity contribution >= 4 is 11.8 Å². The predicted octanol–water partition coefficient (Wildman–Crippen LogP) is 1.46. The van der Waals surface area contributed by atoms with Gasteiger partial charge in [-0.25, -0.2) is 4.79 Å². The van der Waals surface area contributed by atoms with E-state index in [1.807, 2.05) is 0 Å². The third-order valence-electron chi connectivity index (χ3n) is 2.74. The van der Waals surface area contributed by atoms with Crippen LogP contribution in [0, 0.1) is 0 Å². The molecule has 0 bridgehead atoms. The molecule has 0 heterocycles. The number of ether oxygens (including phenoxy) is 4. The zero-order valence-electron chi connectivity index (χ0n) is 12.0. The van der Waals surface area contributed by atoms with Crippen LogP contribution in [0.4, 0.5) is 0 Å². The Bertz CT molecular complexity index is 483. The molecule has 0 unspecified atom stereocenters. The molecule has 1 aromatic rings. The molecule has 6 nitrogen and oxygen atoms in total. The van der Waals surface area contributed by atoms with Crippen molar-refractivity contribution in [1.82, 2.24) is 0 Å². The molecule has 0 amide bonds. The van der Waals surface area contributed by atoms with E-state index in [0.717, 1.165) is 0 Å². The Morgan fingerprint density at radius 3 is 2.30 bits per heavy atom. The van der Waals surface area contributed by atoms with Gasteiger partial charge >= 0.3 is 5.97 Å². The van der Waals surface area contributed by atoms with Crippen LogP contribution in [0.1, 0.15) is 17.3 Å². The number of hydrogen-bond acceptors (Lipinski definition) is 6. The maximum Gasteiger partial charge on any atom is 0.335 e. The van der Waals surface area contributed by atoms with E-state index < -0.39 is 12.1 Å². The Balaban J connectivity index is 2.71. The number of rotatable bonds is 7. The van der Waals surface area contributed by atoms with Gasteiger partial charge < -0.3 is 18.9 Å². The van der Waals surface area contributed by atoms with Crippen LogP contribution in [-0.4, -0.2) is 45.8 Å². The largest absolute Gasteiger partial charge is 0.493 e. The standard InChI is InChI=1S/C14H18O6/c1-9(17-2)14(16)20-8-11(15)10-5-6-12(18-3)13(7-10)19-4/h5-7,9H,8H2,1-4H3/t9-/m0/s1. The lowest BCUT2D eigenvalue weighted by Gasteiger charge is -2.11. The van der Waals surface area contributed by atoms with Crippen molar-refractivity contribution in [2.75, 3.05) is 27.9 Å². The lowest BCUT2D eigenvalue weighted by Crippen LogP contribution is -2.24. The van der Waals surface area contributed by atoms with Crippen molar-refractivity contribution in [3.63, 3.8) is 0 Å². The first kappa shape index (κ1) is 16.0. The molecule has 1 rings (SSSR count).